The van der Waals surface area contributed by atoms with Crippen LogP contribution in [0.4, 0.5) is 0 Å². The fourth-order valence-corrected chi connectivity index (χ4v) is 3.06. The van der Waals surface area contributed by atoms with Crippen LogP contribution in [0.5, 0.6) is 5.75 Å². The van der Waals surface area contributed by atoms with E-state index in [-0.39, 0.29) is 25.0 Å². The molecule has 2 amide bonds. The Morgan fingerprint density at radius 2 is 1.69 bits per heavy atom. The van der Waals surface area contributed by atoms with Gasteiger partial charge in [0.25, 0.3) is 5.91 Å². The molecule has 0 radical (unpaired) electrons. The largest absolute Gasteiger partial charge is 0.484 e. The summed E-state index contributed by atoms with van der Waals surface area (Å²) in [6, 6.07) is 22.1. The van der Waals surface area contributed by atoms with E-state index in [0.717, 1.165) is 16.8 Å². The van der Waals surface area contributed by atoms with Crippen molar-refractivity contribution < 1.29 is 14.3 Å². The Kier molecular flexibility index (Phi) is 6.58. The quantitative estimate of drug-likeness (QED) is 0.642. The second kappa shape index (κ2) is 9.50. The number of carbonyl (C=O) groups is 2. The van der Waals surface area contributed by atoms with Gasteiger partial charge in [0.15, 0.2) is 6.61 Å². The molecule has 0 aliphatic rings. The summed E-state index contributed by atoms with van der Waals surface area (Å²) in [7, 11) is 1.74. The number of likely N-dealkylation sites (N-methyl/N-ethyl adjacent to an activating group) is 1. The highest BCUT2D eigenvalue weighted by Gasteiger charge is 2.24. The molecular formula is C23H23N3O3. The first-order valence-corrected chi connectivity index (χ1v) is 9.26. The predicted octanol–water partition coefficient (Wildman–Crippen LogP) is 2.74. The molecule has 2 N–H and O–H groups in total. The smallest absolute Gasteiger partial charge is 0.261 e. The summed E-state index contributed by atoms with van der Waals surface area (Å²) >= 11 is 0. The van der Waals surface area contributed by atoms with Gasteiger partial charge in [-0.1, -0.05) is 48.5 Å². The fraction of sp³-hybridized carbons (Fsp3) is 0.174. The number of amides is 2. The van der Waals surface area contributed by atoms with Gasteiger partial charge in [-0.25, -0.2) is 0 Å². The molecule has 3 aromatic rings. The number of hydrogen-bond acceptors (Lipinski definition) is 4. The average molecular weight is 389 g/mol. The molecule has 0 fully saturated rings. The Morgan fingerprint density at radius 1 is 1.00 bits per heavy atom. The summed E-state index contributed by atoms with van der Waals surface area (Å²) in [6.07, 6.45) is 1.89. The van der Waals surface area contributed by atoms with Gasteiger partial charge in [-0.15, -0.1) is 0 Å². The summed E-state index contributed by atoms with van der Waals surface area (Å²) in [5.41, 5.74) is 7.74. The molecule has 0 saturated carbocycles. The lowest BCUT2D eigenvalue weighted by Gasteiger charge is -2.28. The van der Waals surface area contributed by atoms with Crippen LogP contribution in [0.15, 0.2) is 79.0 Å². The monoisotopic (exact) mass is 389 g/mol. The van der Waals surface area contributed by atoms with Crippen molar-refractivity contribution in [3.05, 3.63) is 95.8 Å². The molecule has 6 heteroatoms. The van der Waals surface area contributed by atoms with Crippen molar-refractivity contribution in [1.29, 1.82) is 0 Å². The Labute approximate surface area is 169 Å². The molecule has 0 aliphatic carbocycles. The number of pyridine rings is 1. The summed E-state index contributed by atoms with van der Waals surface area (Å²) in [4.78, 5) is 29.9. The first-order valence-electron chi connectivity index (χ1n) is 9.26. The maximum Gasteiger partial charge on any atom is 0.261 e. The normalized spacial score (nSPS) is 11.5. The van der Waals surface area contributed by atoms with Crippen molar-refractivity contribution in [2.45, 2.75) is 12.5 Å². The minimum Gasteiger partial charge on any atom is -0.484 e. The van der Waals surface area contributed by atoms with Gasteiger partial charge in [-0.05, 0) is 35.4 Å². The Balaban J connectivity index is 1.70. The summed E-state index contributed by atoms with van der Waals surface area (Å²) in [5, 5.41) is 0. The Morgan fingerprint density at radius 3 is 2.31 bits per heavy atom. The number of hydrogen-bond donors (Lipinski definition) is 1. The van der Waals surface area contributed by atoms with Crippen LogP contribution in [0.2, 0.25) is 0 Å². The van der Waals surface area contributed by atoms with E-state index in [1.165, 1.54) is 0 Å². The van der Waals surface area contributed by atoms with Crippen LogP contribution < -0.4 is 10.5 Å². The van der Waals surface area contributed by atoms with Crippen LogP contribution in [0, 0.1) is 0 Å². The number of carbonyl (C=O) groups excluding carboxylic acids is 2. The van der Waals surface area contributed by atoms with E-state index >= 15 is 0 Å². The van der Waals surface area contributed by atoms with Gasteiger partial charge in [0.1, 0.15) is 5.75 Å². The minimum atomic E-state index is -0.392. The van der Waals surface area contributed by atoms with Crippen molar-refractivity contribution in [3.63, 3.8) is 0 Å². The lowest BCUT2D eigenvalue weighted by Crippen LogP contribution is -2.35. The Bertz CT molecular complexity index is 905. The maximum atomic E-state index is 12.8. The molecular weight excluding hydrogens is 366 g/mol. The molecule has 2 aromatic carbocycles. The first kappa shape index (κ1) is 20.1. The second-order valence-corrected chi connectivity index (χ2v) is 6.65. The third-order valence-electron chi connectivity index (χ3n) is 4.53. The predicted molar refractivity (Wildman–Crippen MR) is 110 cm³/mol. The molecule has 3 rings (SSSR count). The molecule has 0 spiro atoms. The highest BCUT2D eigenvalue weighted by atomic mass is 16.5. The molecule has 29 heavy (non-hydrogen) atoms. The van der Waals surface area contributed by atoms with Crippen molar-refractivity contribution in [3.8, 4) is 5.75 Å². The number of nitrogens with two attached hydrogens (primary N) is 1. The molecule has 148 valence electrons. The van der Waals surface area contributed by atoms with Crippen LogP contribution in [0.3, 0.4) is 0 Å². The average Bonchev–Trinajstić information content (AvgIpc) is 2.74. The van der Waals surface area contributed by atoms with Gasteiger partial charge < -0.3 is 15.4 Å². The standard InChI is InChI=1S/C23H23N3O3/c1-26(22(28)16-29-19-12-10-17(11-13-19)15-21(24)27)23(18-7-3-2-4-8-18)20-9-5-6-14-25-20/h2-14,23H,15-16H2,1H3,(H2,24,27). The van der Waals surface area contributed by atoms with Gasteiger partial charge in [-0.2, -0.15) is 0 Å². The molecule has 0 saturated heterocycles. The van der Waals surface area contributed by atoms with Crippen molar-refractivity contribution in [1.82, 2.24) is 9.88 Å². The minimum absolute atomic E-state index is 0.109. The molecule has 0 aliphatic heterocycles. The van der Waals surface area contributed by atoms with Crippen LogP contribution >= 0.6 is 0 Å². The topological polar surface area (TPSA) is 85.5 Å². The number of benzene rings is 2. The zero-order chi connectivity index (χ0) is 20.6. The molecule has 1 aromatic heterocycles. The second-order valence-electron chi connectivity index (χ2n) is 6.65. The zero-order valence-electron chi connectivity index (χ0n) is 16.2. The van der Waals surface area contributed by atoms with E-state index in [2.05, 4.69) is 4.98 Å². The number of rotatable bonds is 8. The van der Waals surface area contributed by atoms with Gasteiger partial charge in [0, 0.05) is 13.2 Å². The molecule has 6 nitrogen and oxygen atoms in total. The fourth-order valence-electron chi connectivity index (χ4n) is 3.06. The van der Waals surface area contributed by atoms with E-state index < -0.39 is 5.91 Å². The number of aromatic nitrogens is 1. The first-order chi connectivity index (χ1) is 14.0. The van der Waals surface area contributed by atoms with E-state index in [1.807, 2.05) is 48.5 Å². The number of primary amides is 1. The van der Waals surface area contributed by atoms with Crippen LogP contribution in [0.1, 0.15) is 22.9 Å². The van der Waals surface area contributed by atoms with E-state index in [0.29, 0.717) is 5.75 Å². The highest BCUT2D eigenvalue weighted by molar-refractivity contribution is 5.78. The zero-order valence-corrected chi connectivity index (χ0v) is 16.2. The van der Waals surface area contributed by atoms with Crippen LogP contribution in [0.25, 0.3) is 0 Å². The molecule has 1 unspecified atom stereocenters. The summed E-state index contributed by atoms with van der Waals surface area (Å²) in [6.45, 7) is -0.109. The number of nitrogens with zero attached hydrogens (tertiary/aromatic N) is 2. The third kappa shape index (κ3) is 5.42. The lowest BCUT2D eigenvalue weighted by atomic mass is 10.0. The van der Waals surface area contributed by atoms with Gasteiger partial charge in [-0.3, -0.25) is 14.6 Å². The van der Waals surface area contributed by atoms with Crippen LogP contribution in [-0.4, -0.2) is 35.4 Å². The summed E-state index contributed by atoms with van der Waals surface area (Å²) < 4.78 is 5.64. The number of ether oxygens (including phenoxy) is 1. The van der Waals surface area contributed by atoms with Crippen molar-refractivity contribution in [2.24, 2.45) is 5.73 Å². The molecule has 0 bridgehead atoms. The molecule has 1 heterocycles. The van der Waals surface area contributed by atoms with Crippen LogP contribution in [-0.2, 0) is 16.0 Å². The van der Waals surface area contributed by atoms with Crippen molar-refractivity contribution >= 4 is 11.8 Å². The highest BCUT2D eigenvalue weighted by Crippen LogP contribution is 2.26. The third-order valence-corrected chi connectivity index (χ3v) is 4.53. The van der Waals surface area contributed by atoms with E-state index in [4.69, 9.17) is 10.5 Å². The van der Waals surface area contributed by atoms with Gasteiger partial charge in [0.05, 0.1) is 18.2 Å². The SMILES string of the molecule is CN(C(=O)COc1ccc(CC(N)=O)cc1)C(c1ccccc1)c1ccccn1. The van der Waals surface area contributed by atoms with Crippen molar-refractivity contribution in [2.75, 3.05) is 13.7 Å². The van der Waals surface area contributed by atoms with E-state index in [9.17, 15) is 9.59 Å². The van der Waals surface area contributed by atoms with Gasteiger partial charge >= 0.3 is 0 Å². The van der Waals surface area contributed by atoms with Gasteiger partial charge in [0.2, 0.25) is 5.91 Å². The van der Waals surface area contributed by atoms with E-state index in [1.54, 1.807) is 42.4 Å². The maximum absolute atomic E-state index is 12.8. The lowest BCUT2D eigenvalue weighted by molar-refractivity contribution is -0.133. The Hall–Kier alpha value is -3.67. The molecule has 1 atom stereocenters. The summed E-state index contributed by atoms with van der Waals surface area (Å²) in [5.74, 6) is -0.0169.